The summed E-state index contributed by atoms with van der Waals surface area (Å²) in [6, 6.07) is 25.0. The predicted molar refractivity (Wildman–Crippen MR) is 89.7 cm³/mol. The molecule has 1 heterocycles. The smallest absolute Gasteiger partial charge is 0.0603 e. The van der Waals surface area contributed by atoms with E-state index in [4.69, 9.17) is 5.73 Å². The maximum Gasteiger partial charge on any atom is 0.0603 e. The molecule has 0 aliphatic carbocycles. The summed E-state index contributed by atoms with van der Waals surface area (Å²) in [4.78, 5) is 4.73. The minimum atomic E-state index is 0.800. The van der Waals surface area contributed by atoms with Gasteiger partial charge in [-0.2, -0.15) is 0 Å². The van der Waals surface area contributed by atoms with E-state index in [-0.39, 0.29) is 0 Å². The molecule has 0 unspecified atom stereocenters. The zero-order valence-corrected chi connectivity index (χ0v) is 12.2. The van der Waals surface area contributed by atoms with Crippen LogP contribution in [-0.2, 0) is 0 Å². The van der Waals surface area contributed by atoms with Crippen molar-refractivity contribution in [2.75, 3.05) is 10.6 Å². The first-order valence-electron chi connectivity index (χ1n) is 6.84. The molecule has 0 bridgehead atoms. The molecular weight excluding hydrogens is 276 g/mol. The Morgan fingerprint density at radius 3 is 2.29 bits per heavy atom. The van der Waals surface area contributed by atoms with Gasteiger partial charge >= 0.3 is 0 Å². The van der Waals surface area contributed by atoms with Crippen LogP contribution in [0.25, 0.3) is 0 Å². The molecule has 0 aromatic heterocycles. The van der Waals surface area contributed by atoms with Crippen LogP contribution in [0.1, 0.15) is 0 Å². The number of hydrogen-bond acceptors (Lipinski definition) is 3. The van der Waals surface area contributed by atoms with Gasteiger partial charge < -0.3 is 10.6 Å². The summed E-state index contributed by atoms with van der Waals surface area (Å²) >= 11 is 1.77. The van der Waals surface area contributed by atoms with Gasteiger partial charge in [0.25, 0.3) is 0 Å². The first-order chi connectivity index (χ1) is 10.3. The van der Waals surface area contributed by atoms with Crippen LogP contribution in [-0.4, -0.2) is 0 Å². The molecule has 3 aromatic carbocycles. The summed E-state index contributed by atoms with van der Waals surface area (Å²) < 4.78 is 0. The minimum absolute atomic E-state index is 0.800. The Morgan fingerprint density at radius 2 is 1.43 bits per heavy atom. The molecule has 2 N–H and O–H groups in total. The van der Waals surface area contributed by atoms with Crippen LogP contribution in [0.5, 0.6) is 0 Å². The van der Waals surface area contributed by atoms with Crippen molar-refractivity contribution in [2.24, 2.45) is 0 Å². The van der Waals surface area contributed by atoms with Gasteiger partial charge in [-0.3, -0.25) is 0 Å². The lowest BCUT2D eigenvalue weighted by Gasteiger charge is -2.32. The molecule has 1 aliphatic rings. The van der Waals surface area contributed by atoms with E-state index >= 15 is 0 Å². The maximum absolute atomic E-state index is 5.95. The van der Waals surface area contributed by atoms with Gasteiger partial charge in [-0.15, -0.1) is 0 Å². The highest BCUT2D eigenvalue weighted by molar-refractivity contribution is 7.99. The highest BCUT2D eigenvalue weighted by Crippen LogP contribution is 2.51. The normalized spacial score (nSPS) is 12.7. The predicted octanol–water partition coefficient (Wildman–Crippen LogP) is 5.20. The molecule has 0 saturated carbocycles. The van der Waals surface area contributed by atoms with Crippen LogP contribution in [0.2, 0.25) is 0 Å². The van der Waals surface area contributed by atoms with Crippen LogP contribution < -0.4 is 10.6 Å². The van der Waals surface area contributed by atoms with E-state index in [1.807, 2.05) is 18.2 Å². The van der Waals surface area contributed by atoms with Crippen LogP contribution in [0, 0.1) is 0 Å². The molecular formula is C18H14N2S. The van der Waals surface area contributed by atoms with Crippen LogP contribution in [0.15, 0.2) is 82.6 Å². The first kappa shape index (κ1) is 12.4. The number of benzene rings is 3. The second-order valence-corrected chi connectivity index (χ2v) is 6.05. The van der Waals surface area contributed by atoms with E-state index in [1.165, 1.54) is 21.2 Å². The van der Waals surface area contributed by atoms with Crippen molar-refractivity contribution >= 4 is 34.5 Å². The Morgan fingerprint density at radius 1 is 0.714 bits per heavy atom. The third-order valence-electron chi connectivity index (χ3n) is 3.57. The Hall–Kier alpha value is -2.39. The molecule has 102 valence electrons. The topological polar surface area (TPSA) is 29.3 Å². The number of hydrogen-bond donors (Lipinski definition) is 1. The summed E-state index contributed by atoms with van der Waals surface area (Å²) in [6.45, 7) is 0. The lowest BCUT2D eigenvalue weighted by molar-refractivity contribution is 1.17. The molecule has 3 heteroatoms. The Kier molecular flexibility index (Phi) is 2.86. The van der Waals surface area contributed by atoms with Gasteiger partial charge in [-0.25, -0.2) is 0 Å². The average molecular weight is 290 g/mol. The summed E-state index contributed by atoms with van der Waals surface area (Å²) in [5, 5.41) is 0. The van der Waals surface area contributed by atoms with Gasteiger partial charge in [0.05, 0.1) is 11.4 Å². The maximum atomic E-state index is 5.95. The second kappa shape index (κ2) is 4.86. The number of nitrogens with zero attached hydrogens (tertiary/aromatic N) is 1. The molecule has 2 nitrogen and oxygen atoms in total. The number of anilines is 4. The number of rotatable bonds is 1. The summed E-state index contributed by atoms with van der Waals surface area (Å²) in [6.07, 6.45) is 0. The number of para-hydroxylation sites is 2. The summed E-state index contributed by atoms with van der Waals surface area (Å²) in [5.74, 6) is 0. The monoisotopic (exact) mass is 290 g/mol. The van der Waals surface area contributed by atoms with E-state index in [0.717, 1.165) is 11.4 Å². The van der Waals surface area contributed by atoms with E-state index in [1.54, 1.807) is 11.8 Å². The minimum Gasteiger partial charge on any atom is -0.399 e. The fourth-order valence-electron chi connectivity index (χ4n) is 2.63. The standard InChI is InChI=1S/C18H14N2S/c19-13-10-11-16-18(12-13)21-17-9-5-4-8-15(17)20(16)14-6-2-1-3-7-14/h1-12H,19H2. The van der Waals surface area contributed by atoms with Crippen molar-refractivity contribution in [2.45, 2.75) is 9.79 Å². The van der Waals surface area contributed by atoms with Crippen molar-refractivity contribution < 1.29 is 0 Å². The van der Waals surface area contributed by atoms with Gasteiger partial charge in [0.2, 0.25) is 0 Å². The molecule has 21 heavy (non-hydrogen) atoms. The number of nitrogens with two attached hydrogens (primary N) is 1. The first-order valence-corrected chi connectivity index (χ1v) is 7.66. The SMILES string of the molecule is Nc1ccc2c(c1)Sc1ccccc1N2c1ccccc1. The molecule has 3 aromatic rings. The van der Waals surface area contributed by atoms with Gasteiger partial charge in [-0.1, -0.05) is 42.1 Å². The Bertz CT molecular complexity index is 799. The highest BCUT2D eigenvalue weighted by Gasteiger charge is 2.24. The van der Waals surface area contributed by atoms with Crippen molar-refractivity contribution in [3.05, 3.63) is 72.8 Å². The molecule has 0 spiro atoms. The largest absolute Gasteiger partial charge is 0.399 e. The molecule has 0 saturated heterocycles. The molecule has 0 fully saturated rings. The molecule has 4 rings (SSSR count). The van der Waals surface area contributed by atoms with E-state index in [2.05, 4.69) is 59.5 Å². The number of nitrogen functional groups attached to an aromatic ring is 1. The fourth-order valence-corrected chi connectivity index (χ4v) is 3.74. The lowest BCUT2D eigenvalue weighted by Crippen LogP contribution is -2.14. The molecule has 0 atom stereocenters. The zero-order valence-electron chi connectivity index (χ0n) is 11.4. The third kappa shape index (κ3) is 2.06. The van der Waals surface area contributed by atoms with Crippen molar-refractivity contribution in [3.63, 3.8) is 0 Å². The number of fused-ring (bicyclic) bond motifs is 2. The third-order valence-corrected chi connectivity index (χ3v) is 4.68. The van der Waals surface area contributed by atoms with Gasteiger partial charge in [-0.05, 0) is 42.5 Å². The van der Waals surface area contributed by atoms with Gasteiger partial charge in [0.1, 0.15) is 0 Å². The molecule has 0 radical (unpaired) electrons. The van der Waals surface area contributed by atoms with Crippen molar-refractivity contribution in [1.82, 2.24) is 0 Å². The molecule has 0 amide bonds. The molecule has 1 aliphatic heterocycles. The Labute approximate surface area is 128 Å². The lowest BCUT2D eigenvalue weighted by atomic mass is 10.1. The Balaban J connectivity index is 1.97. The fraction of sp³-hybridized carbons (Fsp3) is 0. The van der Waals surface area contributed by atoms with Gasteiger partial charge in [0, 0.05) is 21.2 Å². The highest BCUT2D eigenvalue weighted by atomic mass is 32.2. The summed E-state index contributed by atoms with van der Waals surface area (Å²) in [5.41, 5.74) is 10.3. The zero-order chi connectivity index (χ0) is 14.2. The van der Waals surface area contributed by atoms with E-state index in [9.17, 15) is 0 Å². The van der Waals surface area contributed by atoms with Crippen LogP contribution in [0.4, 0.5) is 22.7 Å². The van der Waals surface area contributed by atoms with Crippen molar-refractivity contribution in [3.8, 4) is 0 Å². The van der Waals surface area contributed by atoms with Crippen LogP contribution in [0.3, 0.4) is 0 Å². The second-order valence-electron chi connectivity index (χ2n) is 4.97. The van der Waals surface area contributed by atoms with Crippen molar-refractivity contribution in [1.29, 1.82) is 0 Å². The summed E-state index contributed by atoms with van der Waals surface area (Å²) in [7, 11) is 0. The van der Waals surface area contributed by atoms with E-state index < -0.39 is 0 Å². The van der Waals surface area contributed by atoms with E-state index in [0.29, 0.717) is 0 Å². The van der Waals surface area contributed by atoms with Crippen LogP contribution >= 0.6 is 11.8 Å². The van der Waals surface area contributed by atoms with Gasteiger partial charge in [0.15, 0.2) is 0 Å². The average Bonchev–Trinajstić information content (AvgIpc) is 2.53. The quantitative estimate of drug-likeness (QED) is 0.488.